The highest BCUT2D eigenvalue weighted by Gasteiger charge is 3.02. The number of carbonyl (C=O) groups excluding carboxylic acids is 1. The van der Waals surface area contributed by atoms with Gasteiger partial charge in [-0.15, -0.1) is 0 Å². The van der Waals surface area contributed by atoms with E-state index in [1.807, 2.05) is 7.11 Å². The lowest BCUT2D eigenvalue weighted by Gasteiger charge is -2.65. The van der Waals surface area contributed by atoms with Crippen LogP contribution in [0.5, 0.6) is 0 Å². The maximum absolute atomic E-state index is 13.7. The van der Waals surface area contributed by atoms with E-state index in [-0.39, 0.29) is 29.2 Å². The first-order valence-electron chi connectivity index (χ1n) is 10.7. The molecule has 132 valence electrons. The molecular weight excluding hydrogens is 316 g/mol. The van der Waals surface area contributed by atoms with Crippen LogP contribution in [0.3, 0.4) is 0 Å². The monoisotopic (exact) mass is 340 g/mol. The zero-order chi connectivity index (χ0) is 16.0. The number of carbonyl (C=O) groups is 1. The topological polar surface area (TPSA) is 44.8 Å². The van der Waals surface area contributed by atoms with Crippen LogP contribution in [0.4, 0.5) is 0 Å². The molecule has 0 amide bonds. The Morgan fingerprint density at radius 1 is 0.880 bits per heavy atom. The van der Waals surface area contributed by atoms with Gasteiger partial charge in [0.15, 0.2) is 6.29 Å². The summed E-state index contributed by atoms with van der Waals surface area (Å²) in [5.41, 5.74) is -0.251. The molecule has 2 heterocycles. The molecule has 4 heteroatoms. The molecule has 15 atom stereocenters. The molecule has 25 heavy (non-hydrogen) atoms. The highest BCUT2D eigenvalue weighted by atomic mass is 16.7. The summed E-state index contributed by atoms with van der Waals surface area (Å²) in [6, 6.07) is 0. The molecule has 0 radical (unpaired) electrons. The Balaban J connectivity index is 1.42. The molecule has 0 N–H and O–H groups in total. The van der Waals surface area contributed by atoms with Gasteiger partial charge in [0.2, 0.25) is 0 Å². The lowest BCUT2D eigenvalue weighted by Crippen LogP contribution is -2.72. The maximum Gasteiger partial charge on any atom is 0.313 e. The maximum atomic E-state index is 13.7. The number of rotatable bonds is 1. The lowest BCUT2D eigenvalue weighted by atomic mass is 9.42. The second-order valence-corrected chi connectivity index (χ2v) is 10.9. The van der Waals surface area contributed by atoms with Gasteiger partial charge in [-0.2, -0.15) is 0 Å². The third-order valence-electron chi connectivity index (χ3n) is 11.6. The fraction of sp³-hybridized carbons (Fsp3) is 0.952. The SMILES string of the molecule is CO[C@H]1O[C@H]2CC[C@H]3[C@H]2[C@H]2[C@H]4[C@H]5[C@H]6[C@@H]7[C@H]8CC[C@H]7OC(=O)[C@]6([C@@H]34)[C@@]12[C@H]85. The third-order valence-corrected chi connectivity index (χ3v) is 11.6. The standard InChI is InChI=1S/C21H24O4/c1-23-19-21-15-7-2-4-8-10(7)16-13(15)12-14(20(16,21)18(22)24-8)6-3-5-9(25-19)11(6)17(12)21/h6-17,19H,2-5H2,1H3/t6-,7+,8+,9-,10+,11+,12-,13+,14-,15+,16+,17-,19-,20+,21+/m0/s1. The third kappa shape index (κ3) is 0.790. The van der Waals surface area contributed by atoms with Gasteiger partial charge in [-0.3, -0.25) is 4.79 Å². The molecule has 2 spiro atoms. The highest BCUT2D eigenvalue weighted by molar-refractivity contribution is 5.85. The average molecular weight is 340 g/mol. The van der Waals surface area contributed by atoms with Crippen LogP contribution in [0.15, 0.2) is 0 Å². The van der Waals surface area contributed by atoms with Crippen molar-refractivity contribution in [3.8, 4) is 0 Å². The Morgan fingerprint density at radius 2 is 1.60 bits per heavy atom. The quantitative estimate of drug-likeness (QED) is 0.686. The number of ether oxygens (including phenoxy) is 3. The van der Waals surface area contributed by atoms with E-state index in [0.29, 0.717) is 35.7 Å². The predicted molar refractivity (Wildman–Crippen MR) is 83.8 cm³/mol. The van der Waals surface area contributed by atoms with Gasteiger partial charge in [-0.05, 0) is 78.9 Å². The van der Waals surface area contributed by atoms with Crippen LogP contribution < -0.4 is 0 Å². The average Bonchev–Trinajstić information content (AvgIpc) is 3.38. The Hall–Kier alpha value is -0.610. The molecule has 10 aliphatic rings. The molecule has 2 aliphatic heterocycles. The number of esters is 1. The fourth-order valence-electron chi connectivity index (χ4n) is 12.5. The van der Waals surface area contributed by atoms with Crippen molar-refractivity contribution in [3.63, 3.8) is 0 Å². The van der Waals surface area contributed by atoms with Gasteiger partial charge in [0.1, 0.15) is 6.10 Å². The number of hydrogen-bond donors (Lipinski definition) is 0. The van der Waals surface area contributed by atoms with Crippen LogP contribution >= 0.6 is 0 Å². The Morgan fingerprint density at radius 3 is 2.44 bits per heavy atom. The molecule has 0 aromatic rings. The molecule has 8 bridgehead atoms. The van der Waals surface area contributed by atoms with Crippen molar-refractivity contribution in [1.82, 2.24) is 0 Å². The summed E-state index contributed by atoms with van der Waals surface area (Å²) in [6.45, 7) is 0. The van der Waals surface area contributed by atoms with Crippen LogP contribution in [0.1, 0.15) is 25.7 Å². The molecule has 8 saturated carbocycles. The van der Waals surface area contributed by atoms with Gasteiger partial charge in [-0.25, -0.2) is 0 Å². The molecular formula is C21H24O4. The smallest absolute Gasteiger partial charge is 0.313 e. The van der Waals surface area contributed by atoms with Crippen LogP contribution in [0, 0.1) is 70.0 Å². The van der Waals surface area contributed by atoms with Gasteiger partial charge >= 0.3 is 5.97 Å². The van der Waals surface area contributed by atoms with Crippen molar-refractivity contribution in [3.05, 3.63) is 0 Å². The Bertz CT molecular complexity index is 762. The minimum Gasteiger partial charge on any atom is -0.462 e. The molecule has 10 rings (SSSR count). The zero-order valence-electron chi connectivity index (χ0n) is 14.5. The normalized spacial score (nSPS) is 79.1. The highest BCUT2D eigenvalue weighted by Crippen LogP contribution is 2.99. The lowest BCUT2D eigenvalue weighted by molar-refractivity contribution is -0.341. The van der Waals surface area contributed by atoms with E-state index in [9.17, 15) is 4.79 Å². The molecule has 2 saturated heterocycles. The molecule has 10 fully saturated rings. The van der Waals surface area contributed by atoms with E-state index in [4.69, 9.17) is 14.2 Å². The summed E-state index contributed by atoms with van der Waals surface area (Å²) >= 11 is 0. The van der Waals surface area contributed by atoms with Gasteiger partial charge in [-0.1, -0.05) is 0 Å². The van der Waals surface area contributed by atoms with Crippen molar-refractivity contribution in [2.45, 2.75) is 44.2 Å². The number of methoxy groups -OCH3 is 1. The van der Waals surface area contributed by atoms with E-state index in [1.54, 1.807) is 0 Å². The Labute approximate surface area is 146 Å². The molecule has 4 nitrogen and oxygen atoms in total. The minimum atomic E-state index is -0.225. The summed E-state index contributed by atoms with van der Waals surface area (Å²) < 4.78 is 19.0. The zero-order valence-corrected chi connectivity index (χ0v) is 14.5. The Kier molecular flexibility index (Phi) is 1.64. The molecule has 8 aliphatic carbocycles. The van der Waals surface area contributed by atoms with E-state index in [1.165, 1.54) is 19.3 Å². The van der Waals surface area contributed by atoms with Crippen molar-refractivity contribution >= 4 is 5.97 Å². The summed E-state index contributed by atoms with van der Waals surface area (Å²) in [4.78, 5) is 13.7. The van der Waals surface area contributed by atoms with Crippen LogP contribution in [0.25, 0.3) is 0 Å². The predicted octanol–water partition coefficient (Wildman–Crippen LogP) is 2.07. The largest absolute Gasteiger partial charge is 0.462 e. The first-order valence-corrected chi connectivity index (χ1v) is 10.7. The van der Waals surface area contributed by atoms with E-state index in [2.05, 4.69) is 0 Å². The van der Waals surface area contributed by atoms with Crippen LogP contribution in [0.2, 0.25) is 0 Å². The molecule has 0 aromatic carbocycles. The summed E-state index contributed by atoms with van der Waals surface area (Å²) in [7, 11) is 1.83. The summed E-state index contributed by atoms with van der Waals surface area (Å²) in [6.07, 6.45) is 5.34. The summed E-state index contributed by atoms with van der Waals surface area (Å²) in [5.74, 6) is 7.33. The first kappa shape index (κ1) is 12.7. The van der Waals surface area contributed by atoms with Crippen molar-refractivity contribution in [1.29, 1.82) is 0 Å². The second kappa shape index (κ2) is 3.22. The van der Waals surface area contributed by atoms with Crippen molar-refractivity contribution in [2.75, 3.05) is 7.11 Å². The van der Waals surface area contributed by atoms with Crippen molar-refractivity contribution < 1.29 is 19.0 Å². The van der Waals surface area contributed by atoms with Gasteiger partial charge in [0, 0.05) is 18.4 Å². The molecule has 0 unspecified atom stereocenters. The van der Waals surface area contributed by atoms with Crippen LogP contribution in [-0.4, -0.2) is 31.6 Å². The number of hydrogen-bond acceptors (Lipinski definition) is 4. The van der Waals surface area contributed by atoms with E-state index in [0.717, 1.165) is 36.0 Å². The van der Waals surface area contributed by atoms with Crippen LogP contribution in [-0.2, 0) is 19.0 Å². The molecule has 0 aromatic heterocycles. The minimum absolute atomic E-state index is 0.0258. The fourth-order valence-corrected chi connectivity index (χ4v) is 12.5. The summed E-state index contributed by atoms with van der Waals surface area (Å²) in [5, 5.41) is 0. The van der Waals surface area contributed by atoms with Crippen molar-refractivity contribution in [2.24, 2.45) is 70.0 Å². The van der Waals surface area contributed by atoms with Gasteiger partial charge < -0.3 is 14.2 Å². The first-order chi connectivity index (χ1) is 12.3. The second-order valence-electron chi connectivity index (χ2n) is 10.9. The van der Waals surface area contributed by atoms with Gasteiger partial charge in [0.25, 0.3) is 0 Å². The van der Waals surface area contributed by atoms with E-state index < -0.39 is 0 Å². The van der Waals surface area contributed by atoms with Gasteiger partial charge in [0.05, 0.1) is 11.5 Å². The van der Waals surface area contributed by atoms with E-state index >= 15 is 0 Å².